The molecule has 2 rings (SSSR count). The van der Waals surface area contributed by atoms with Gasteiger partial charge < -0.3 is 9.73 Å². The van der Waals surface area contributed by atoms with E-state index in [4.69, 9.17) is 4.42 Å². The predicted molar refractivity (Wildman–Crippen MR) is 69.2 cm³/mol. The Morgan fingerprint density at radius 1 is 1.39 bits per heavy atom. The molecule has 100 valence electrons. The normalized spacial score (nSPS) is 17.4. The minimum atomic E-state index is 0.141. The van der Waals surface area contributed by atoms with Crippen LogP contribution in [-0.2, 0) is 11.2 Å². The van der Waals surface area contributed by atoms with E-state index in [0.29, 0.717) is 24.8 Å². The van der Waals surface area contributed by atoms with Gasteiger partial charge in [0.15, 0.2) is 5.89 Å². The molecule has 1 aromatic rings. The topological polar surface area (TPSA) is 55.1 Å². The number of carbonyl (C=O) groups excluding carboxylic acids is 1. The van der Waals surface area contributed by atoms with E-state index in [1.807, 2.05) is 6.92 Å². The molecule has 0 aromatic carbocycles. The van der Waals surface area contributed by atoms with Crippen molar-refractivity contribution in [1.29, 1.82) is 0 Å². The number of oxazole rings is 1. The number of amides is 1. The van der Waals surface area contributed by atoms with Crippen molar-refractivity contribution in [3.8, 4) is 0 Å². The molecule has 0 spiro atoms. The predicted octanol–water partition coefficient (Wildman–Crippen LogP) is 2.75. The van der Waals surface area contributed by atoms with E-state index in [0.717, 1.165) is 18.5 Å². The second-order valence-corrected chi connectivity index (χ2v) is 5.11. The van der Waals surface area contributed by atoms with Gasteiger partial charge in [0, 0.05) is 25.8 Å². The minimum Gasteiger partial charge on any atom is -0.449 e. The number of rotatable bonds is 4. The van der Waals surface area contributed by atoms with Gasteiger partial charge in [-0.25, -0.2) is 4.98 Å². The molecule has 18 heavy (non-hydrogen) atoms. The zero-order valence-electron chi connectivity index (χ0n) is 11.1. The molecule has 4 nitrogen and oxygen atoms in total. The molecule has 1 aliphatic rings. The fourth-order valence-corrected chi connectivity index (χ4v) is 2.49. The molecule has 0 unspecified atom stereocenters. The van der Waals surface area contributed by atoms with Crippen LogP contribution in [0.5, 0.6) is 0 Å². The lowest BCUT2D eigenvalue weighted by atomic mass is 10.1. The van der Waals surface area contributed by atoms with Crippen LogP contribution in [0.25, 0.3) is 0 Å². The minimum absolute atomic E-state index is 0.141. The molecule has 1 aromatic heterocycles. The number of hydrogen-bond acceptors (Lipinski definition) is 3. The summed E-state index contributed by atoms with van der Waals surface area (Å²) in [5.74, 6) is 0.803. The van der Waals surface area contributed by atoms with E-state index in [2.05, 4.69) is 10.3 Å². The second-order valence-electron chi connectivity index (χ2n) is 5.11. The summed E-state index contributed by atoms with van der Waals surface area (Å²) >= 11 is 0. The number of aryl methyl sites for hydroxylation is 2. The molecule has 0 radical (unpaired) electrons. The van der Waals surface area contributed by atoms with Crippen molar-refractivity contribution < 1.29 is 9.21 Å². The Bertz CT molecular complexity index is 379. The third-order valence-corrected chi connectivity index (χ3v) is 3.50. The molecule has 0 atom stereocenters. The molecule has 1 saturated carbocycles. The summed E-state index contributed by atoms with van der Waals surface area (Å²) in [4.78, 5) is 16.0. The first kappa shape index (κ1) is 13.1. The van der Waals surface area contributed by atoms with Gasteiger partial charge in [-0.3, -0.25) is 4.79 Å². The lowest BCUT2D eigenvalue weighted by molar-refractivity contribution is -0.121. The van der Waals surface area contributed by atoms with E-state index in [9.17, 15) is 4.79 Å². The molecule has 1 amide bonds. The van der Waals surface area contributed by atoms with Crippen molar-refractivity contribution in [2.24, 2.45) is 0 Å². The summed E-state index contributed by atoms with van der Waals surface area (Å²) < 4.78 is 5.12. The van der Waals surface area contributed by atoms with Crippen LogP contribution in [0, 0.1) is 6.92 Å². The molecule has 1 heterocycles. The number of nitrogens with one attached hydrogen (secondary N) is 1. The average molecular weight is 250 g/mol. The third kappa shape index (κ3) is 4.17. The van der Waals surface area contributed by atoms with E-state index in [1.165, 1.54) is 25.7 Å². The Kier molecular flexibility index (Phi) is 4.79. The van der Waals surface area contributed by atoms with Crippen molar-refractivity contribution in [3.05, 3.63) is 17.8 Å². The van der Waals surface area contributed by atoms with Crippen LogP contribution in [0.1, 0.15) is 56.5 Å². The number of carbonyl (C=O) groups is 1. The molecular weight excluding hydrogens is 228 g/mol. The number of aromatic nitrogens is 1. The van der Waals surface area contributed by atoms with Gasteiger partial charge in [-0.15, -0.1) is 0 Å². The van der Waals surface area contributed by atoms with E-state index in [-0.39, 0.29) is 5.91 Å². The molecule has 1 aliphatic carbocycles. The lowest BCUT2D eigenvalue weighted by Crippen LogP contribution is -2.34. The highest BCUT2D eigenvalue weighted by molar-refractivity contribution is 5.76. The Morgan fingerprint density at radius 2 is 2.11 bits per heavy atom. The monoisotopic (exact) mass is 250 g/mol. The third-order valence-electron chi connectivity index (χ3n) is 3.50. The number of hydrogen-bond donors (Lipinski definition) is 1. The Hall–Kier alpha value is -1.32. The molecule has 0 aliphatic heterocycles. The van der Waals surface area contributed by atoms with Crippen molar-refractivity contribution in [1.82, 2.24) is 10.3 Å². The maximum atomic E-state index is 11.8. The van der Waals surface area contributed by atoms with Gasteiger partial charge in [0.1, 0.15) is 6.26 Å². The second kappa shape index (κ2) is 6.57. The van der Waals surface area contributed by atoms with Crippen LogP contribution in [0.15, 0.2) is 10.7 Å². The van der Waals surface area contributed by atoms with Gasteiger partial charge in [-0.1, -0.05) is 25.7 Å². The average Bonchev–Trinajstić information content (AvgIpc) is 2.60. The Balaban J connectivity index is 1.71. The number of nitrogens with zero attached hydrogens (tertiary/aromatic N) is 1. The lowest BCUT2D eigenvalue weighted by Gasteiger charge is -2.15. The van der Waals surface area contributed by atoms with Crippen molar-refractivity contribution in [3.63, 3.8) is 0 Å². The zero-order chi connectivity index (χ0) is 12.8. The van der Waals surface area contributed by atoms with Crippen LogP contribution in [0.4, 0.5) is 0 Å². The van der Waals surface area contributed by atoms with Crippen molar-refractivity contribution >= 4 is 5.91 Å². The fraction of sp³-hybridized carbons (Fsp3) is 0.714. The Morgan fingerprint density at radius 3 is 2.72 bits per heavy atom. The molecule has 1 N–H and O–H groups in total. The van der Waals surface area contributed by atoms with Crippen molar-refractivity contribution in [2.75, 3.05) is 0 Å². The van der Waals surface area contributed by atoms with E-state index < -0.39 is 0 Å². The zero-order valence-corrected chi connectivity index (χ0v) is 11.1. The quantitative estimate of drug-likeness (QED) is 0.836. The summed E-state index contributed by atoms with van der Waals surface area (Å²) in [5, 5.41) is 3.14. The first-order valence-corrected chi connectivity index (χ1v) is 6.94. The molecule has 0 saturated heterocycles. The SMILES string of the molecule is Cc1nc(CCC(=O)NC2CCCCCC2)co1. The fourth-order valence-electron chi connectivity index (χ4n) is 2.49. The molecule has 4 heteroatoms. The Labute approximate surface area is 108 Å². The highest BCUT2D eigenvalue weighted by Gasteiger charge is 2.14. The first-order valence-electron chi connectivity index (χ1n) is 6.94. The first-order chi connectivity index (χ1) is 8.74. The summed E-state index contributed by atoms with van der Waals surface area (Å²) in [6.45, 7) is 1.81. The maximum absolute atomic E-state index is 11.8. The summed E-state index contributed by atoms with van der Waals surface area (Å²) in [6, 6.07) is 0.388. The van der Waals surface area contributed by atoms with Crippen LogP contribution < -0.4 is 5.32 Å². The van der Waals surface area contributed by atoms with E-state index >= 15 is 0 Å². The highest BCUT2D eigenvalue weighted by Crippen LogP contribution is 2.17. The smallest absolute Gasteiger partial charge is 0.220 e. The van der Waals surface area contributed by atoms with Crippen molar-refractivity contribution in [2.45, 2.75) is 64.3 Å². The molecule has 1 fully saturated rings. The summed E-state index contributed by atoms with van der Waals surface area (Å²) in [5.41, 5.74) is 0.864. The van der Waals surface area contributed by atoms with Crippen LogP contribution in [0.2, 0.25) is 0 Å². The van der Waals surface area contributed by atoms with Crippen LogP contribution in [0.3, 0.4) is 0 Å². The standard InChI is InChI=1S/C14H22N2O2/c1-11-15-13(10-18-11)8-9-14(17)16-12-6-4-2-3-5-7-12/h10,12H,2-9H2,1H3,(H,16,17). The highest BCUT2D eigenvalue weighted by atomic mass is 16.3. The van der Waals surface area contributed by atoms with Crippen LogP contribution in [-0.4, -0.2) is 16.9 Å². The maximum Gasteiger partial charge on any atom is 0.220 e. The van der Waals surface area contributed by atoms with Gasteiger partial charge >= 0.3 is 0 Å². The van der Waals surface area contributed by atoms with Gasteiger partial charge in [-0.2, -0.15) is 0 Å². The van der Waals surface area contributed by atoms with Crippen LogP contribution >= 0.6 is 0 Å². The summed E-state index contributed by atoms with van der Waals surface area (Å²) in [6.07, 6.45) is 10.2. The van der Waals surface area contributed by atoms with Gasteiger partial charge in [0.05, 0.1) is 5.69 Å². The van der Waals surface area contributed by atoms with Gasteiger partial charge in [0.2, 0.25) is 5.91 Å². The molecular formula is C14H22N2O2. The molecule has 0 bridgehead atoms. The largest absolute Gasteiger partial charge is 0.449 e. The van der Waals surface area contributed by atoms with E-state index in [1.54, 1.807) is 6.26 Å². The van der Waals surface area contributed by atoms with Gasteiger partial charge in [0.25, 0.3) is 0 Å². The summed E-state index contributed by atoms with van der Waals surface area (Å²) in [7, 11) is 0. The van der Waals surface area contributed by atoms with Gasteiger partial charge in [-0.05, 0) is 12.8 Å².